The highest BCUT2D eigenvalue weighted by Gasteiger charge is 2.03. The highest BCUT2D eigenvalue weighted by Crippen LogP contribution is 2.13. The second-order valence-corrected chi connectivity index (χ2v) is 5.85. The highest BCUT2D eigenvalue weighted by molar-refractivity contribution is 14.0. The summed E-state index contributed by atoms with van der Waals surface area (Å²) in [6, 6.07) is 13.1. The maximum atomic E-state index is 13.6. The van der Waals surface area contributed by atoms with Gasteiger partial charge in [0.05, 0.1) is 6.61 Å². The Morgan fingerprint density at radius 1 is 1.04 bits per heavy atom. The lowest BCUT2D eigenvalue weighted by Crippen LogP contribution is -2.36. The van der Waals surface area contributed by atoms with E-state index >= 15 is 0 Å². The van der Waals surface area contributed by atoms with Crippen molar-refractivity contribution in [3.8, 4) is 5.75 Å². The van der Waals surface area contributed by atoms with Crippen molar-refractivity contribution in [2.75, 3.05) is 27.4 Å². The fourth-order valence-corrected chi connectivity index (χ4v) is 2.33. The summed E-state index contributed by atoms with van der Waals surface area (Å²) < 4.78 is 24.2. The molecule has 2 aromatic carbocycles. The Balaban J connectivity index is 0.00000364. The zero-order valence-electron chi connectivity index (χ0n) is 15.9. The van der Waals surface area contributed by atoms with Gasteiger partial charge in [0.2, 0.25) is 0 Å². The molecule has 2 N–H and O–H groups in total. The molecule has 7 heteroatoms. The molecule has 0 aromatic heterocycles. The Morgan fingerprint density at radius 2 is 1.74 bits per heavy atom. The molecule has 2 rings (SSSR count). The maximum Gasteiger partial charge on any atom is 0.191 e. The molecule has 0 fully saturated rings. The van der Waals surface area contributed by atoms with Gasteiger partial charge in [-0.15, -0.1) is 24.0 Å². The lowest BCUT2D eigenvalue weighted by molar-refractivity contribution is 0.146. The van der Waals surface area contributed by atoms with E-state index in [0.29, 0.717) is 37.8 Å². The lowest BCUT2D eigenvalue weighted by Gasteiger charge is -2.13. The van der Waals surface area contributed by atoms with E-state index < -0.39 is 0 Å². The van der Waals surface area contributed by atoms with Crippen LogP contribution in [0.4, 0.5) is 4.39 Å². The van der Waals surface area contributed by atoms with Gasteiger partial charge >= 0.3 is 0 Å². The average molecular weight is 487 g/mol. The van der Waals surface area contributed by atoms with Gasteiger partial charge in [-0.2, -0.15) is 0 Å². The van der Waals surface area contributed by atoms with Crippen LogP contribution in [0, 0.1) is 12.7 Å². The first kappa shape index (κ1) is 23.2. The van der Waals surface area contributed by atoms with E-state index in [-0.39, 0.29) is 29.8 Å². The van der Waals surface area contributed by atoms with E-state index in [1.807, 2.05) is 30.3 Å². The van der Waals surface area contributed by atoms with E-state index in [0.717, 1.165) is 16.9 Å². The van der Waals surface area contributed by atoms with Crippen molar-refractivity contribution in [2.45, 2.75) is 20.0 Å². The first-order valence-electron chi connectivity index (χ1n) is 8.52. The van der Waals surface area contributed by atoms with Crippen LogP contribution in [-0.4, -0.2) is 33.3 Å². The van der Waals surface area contributed by atoms with E-state index in [4.69, 9.17) is 9.47 Å². The summed E-state index contributed by atoms with van der Waals surface area (Å²) in [5.41, 5.74) is 2.58. The molecule has 2 aromatic rings. The fraction of sp³-hybridized carbons (Fsp3) is 0.350. The minimum Gasteiger partial charge on any atom is -0.491 e. The number of halogens is 2. The van der Waals surface area contributed by atoms with E-state index in [9.17, 15) is 4.39 Å². The number of hydrogen-bond acceptors (Lipinski definition) is 3. The predicted octanol–water partition coefficient (Wildman–Crippen LogP) is 3.64. The number of methoxy groups -OCH3 is 1. The first-order chi connectivity index (χ1) is 12.6. The predicted molar refractivity (Wildman–Crippen MR) is 117 cm³/mol. The summed E-state index contributed by atoms with van der Waals surface area (Å²) in [5.74, 6) is 1.26. The van der Waals surface area contributed by atoms with Crippen molar-refractivity contribution in [1.82, 2.24) is 10.6 Å². The number of aryl methyl sites for hydroxylation is 1. The van der Waals surface area contributed by atoms with Gasteiger partial charge in [-0.05, 0) is 41.8 Å². The molecule has 0 spiro atoms. The summed E-state index contributed by atoms with van der Waals surface area (Å²) in [5, 5.41) is 6.42. The average Bonchev–Trinajstić information content (AvgIpc) is 2.65. The van der Waals surface area contributed by atoms with Crippen LogP contribution in [0.1, 0.15) is 16.7 Å². The van der Waals surface area contributed by atoms with Gasteiger partial charge in [0.1, 0.15) is 18.2 Å². The van der Waals surface area contributed by atoms with Crippen LogP contribution in [0.5, 0.6) is 5.75 Å². The summed E-state index contributed by atoms with van der Waals surface area (Å²) in [4.78, 5) is 4.19. The number of aliphatic imine (C=N–C) groups is 1. The minimum atomic E-state index is -0.197. The summed E-state index contributed by atoms with van der Waals surface area (Å²) in [6.07, 6.45) is 0. The van der Waals surface area contributed by atoms with Crippen molar-refractivity contribution in [2.24, 2.45) is 4.99 Å². The molecule has 0 radical (unpaired) electrons. The maximum absolute atomic E-state index is 13.6. The van der Waals surface area contributed by atoms with Gasteiger partial charge in [0, 0.05) is 27.2 Å². The Morgan fingerprint density at radius 3 is 2.37 bits per heavy atom. The Labute approximate surface area is 177 Å². The zero-order chi connectivity index (χ0) is 18.8. The summed E-state index contributed by atoms with van der Waals surface area (Å²) >= 11 is 0. The summed E-state index contributed by atoms with van der Waals surface area (Å²) in [7, 11) is 3.35. The van der Waals surface area contributed by atoms with Gasteiger partial charge in [-0.25, -0.2) is 4.39 Å². The molecule has 0 heterocycles. The molecule has 0 unspecified atom stereocenters. The first-order valence-corrected chi connectivity index (χ1v) is 8.52. The molecule has 0 saturated carbocycles. The molecule has 0 bridgehead atoms. The fourth-order valence-electron chi connectivity index (χ4n) is 2.33. The van der Waals surface area contributed by atoms with Crippen LogP contribution in [0.15, 0.2) is 47.5 Å². The van der Waals surface area contributed by atoms with Crippen LogP contribution < -0.4 is 15.4 Å². The Bertz CT molecular complexity index is 741. The third-order valence-corrected chi connectivity index (χ3v) is 3.83. The number of ether oxygens (including phenoxy) is 2. The van der Waals surface area contributed by atoms with Gasteiger partial charge in [0.15, 0.2) is 5.96 Å². The van der Waals surface area contributed by atoms with Gasteiger partial charge in [0.25, 0.3) is 0 Å². The molecule has 0 atom stereocenters. The molecule has 0 saturated heterocycles. The normalized spacial score (nSPS) is 10.9. The lowest BCUT2D eigenvalue weighted by atomic mass is 10.1. The number of guanidine groups is 1. The topological polar surface area (TPSA) is 54.9 Å². The van der Waals surface area contributed by atoms with Gasteiger partial charge in [-0.1, -0.05) is 24.3 Å². The molecule has 148 valence electrons. The zero-order valence-corrected chi connectivity index (χ0v) is 18.3. The largest absolute Gasteiger partial charge is 0.491 e. The number of benzene rings is 2. The highest BCUT2D eigenvalue weighted by atomic mass is 127. The van der Waals surface area contributed by atoms with Crippen LogP contribution in [0.25, 0.3) is 0 Å². The van der Waals surface area contributed by atoms with E-state index in [2.05, 4.69) is 15.6 Å². The SMILES string of the molecule is CN=C(NCc1cccc(OCCOC)c1)NCc1ccc(C)c(F)c1.I. The number of nitrogens with one attached hydrogen (secondary N) is 2. The molecule has 0 aliphatic carbocycles. The third-order valence-electron chi connectivity index (χ3n) is 3.83. The Kier molecular flexibility index (Phi) is 10.7. The molecule has 0 aliphatic heterocycles. The smallest absolute Gasteiger partial charge is 0.191 e. The summed E-state index contributed by atoms with van der Waals surface area (Å²) in [6.45, 7) is 3.92. The van der Waals surface area contributed by atoms with Crippen molar-refractivity contribution in [1.29, 1.82) is 0 Å². The number of hydrogen-bond donors (Lipinski definition) is 2. The van der Waals surface area contributed by atoms with Crippen LogP contribution >= 0.6 is 24.0 Å². The van der Waals surface area contributed by atoms with Crippen molar-refractivity contribution in [3.63, 3.8) is 0 Å². The van der Waals surface area contributed by atoms with E-state index in [1.165, 1.54) is 6.07 Å². The molecule has 0 aliphatic rings. The molecule has 0 amide bonds. The van der Waals surface area contributed by atoms with E-state index in [1.54, 1.807) is 27.1 Å². The van der Waals surface area contributed by atoms with Crippen molar-refractivity contribution in [3.05, 3.63) is 65.0 Å². The monoisotopic (exact) mass is 487 g/mol. The quantitative estimate of drug-likeness (QED) is 0.259. The Hall–Kier alpha value is -1.87. The van der Waals surface area contributed by atoms with Crippen LogP contribution in [-0.2, 0) is 17.8 Å². The van der Waals surface area contributed by atoms with Crippen molar-refractivity contribution >= 4 is 29.9 Å². The van der Waals surface area contributed by atoms with Gasteiger partial charge in [-0.3, -0.25) is 4.99 Å². The molecular weight excluding hydrogens is 460 g/mol. The second kappa shape index (κ2) is 12.5. The van der Waals surface area contributed by atoms with Crippen LogP contribution in [0.2, 0.25) is 0 Å². The number of rotatable bonds is 8. The van der Waals surface area contributed by atoms with Crippen molar-refractivity contribution < 1.29 is 13.9 Å². The third kappa shape index (κ3) is 8.13. The second-order valence-electron chi connectivity index (χ2n) is 5.85. The minimum absolute atomic E-state index is 0. The molecular formula is C20H27FIN3O2. The van der Waals surface area contributed by atoms with Gasteiger partial charge < -0.3 is 20.1 Å². The standard InChI is InChI=1S/C20H26FN3O2.HI/c1-15-7-8-17(12-19(15)21)14-24-20(22-2)23-13-16-5-4-6-18(11-16)26-10-9-25-3;/h4-8,11-12H,9-10,13-14H2,1-3H3,(H2,22,23,24);1H. The molecule has 5 nitrogen and oxygen atoms in total. The molecule has 27 heavy (non-hydrogen) atoms. The van der Waals surface area contributed by atoms with Crippen LogP contribution in [0.3, 0.4) is 0 Å². The number of nitrogens with zero attached hydrogens (tertiary/aromatic N) is 1.